The van der Waals surface area contributed by atoms with Gasteiger partial charge in [0, 0.05) is 17.3 Å². The highest BCUT2D eigenvalue weighted by Gasteiger charge is 2.19. The number of aliphatic hydroxyl groups is 1. The molecule has 2 aromatic carbocycles. The van der Waals surface area contributed by atoms with Gasteiger partial charge in [-0.1, -0.05) is 62.5 Å². The van der Waals surface area contributed by atoms with Crippen LogP contribution in [-0.2, 0) is 19.4 Å². The van der Waals surface area contributed by atoms with E-state index in [1.165, 1.54) is 11.1 Å². The standard InChI is InChI=1S/C25H26N2O2S/c1-3-18-10-12-21(13-11-18)24(29)23(27-14-6-8-20(16-27)17-28)25(30)26-22-9-5-7-19(4-2)15-22/h5-16,28H,3-4,17H2,1-2H3,(H-,26,29,30). The number of nitrogens with one attached hydrogen (secondary N) is 1. The van der Waals surface area contributed by atoms with Gasteiger partial charge in [0.2, 0.25) is 5.70 Å². The summed E-state index contributed by atoms with van der Waals surface area (Å²) in [5.74, 6) is -0.179. The molecule has 154 valence electrons. The van der Waals surface area contributed by atoms with Crippen LogP contribution in [0.4, 0.5) is 5.69 Å². The highest BCUT2D eigenvalue weighted by Crippen LogP contribution is 2.19. The van der Waals surface area contributed by atoms with E-state index in [0.717, 1.165) is 18.5 Å². The molecule has 0 bridgehead atoms. The fraction of sp³-hybridized carbons (Fsp3) is 0.200. The molecule has 5 heteroatoms. The molecule has 0 saturated heterocycles. The molecule has 0 unspecified atom stereocenters. The third-order valence-electron chi connectivity index (χ3n) is 4.95. The van der Waals surface area contributed by atoms with Crippen LogP contribution in [0.3, 0.4) is 0 Å². The Morgan fingerprint density at radius 1 is 0.967 bits per heavy atom. The molecule has 3 rings (SSSR count). The van der Waals surface area contributed by atoms with Crippen molar-refractivity contribution in [1.82, 2.24) is 0 Å². The lowest BCUT2D eigenvalue weighted by molar-refractivity contribution is -0.578. The molecule has 2 N–H and O–H groups in total. The van der Waals surface area contributed by atoms with Gasteiger partial charge in [-0.25, -0.2) is 0 Å². The van der Waals surface area contributed by atoms with Crippen LogP contribution >= 0.6 is 12.2 Å². The van der Waals surface area contributed by atoms with Crippen LogP contribution in [-0.4, -0.2) is 10.1 Å². The van der Waals surface area contributed by atoms with Gasteiger partial charge in [0.25, 0.3) is 0 Å². The van der Waals surface area contributed by atoms with Crippen molar-refractivity contribution in [1.29, 1.82) is 0 Å². The van der Waals surface area contributed by atoms with Crippen LogP contribution in [0.5, 0.6) is 0 Å². The zero-order valence-corrected chi connectivity index (χ0v) is 18.1. The largest absolute Gasteiger partial charge is 0.867 e. The number of nitrogens with zero attached hydrogens (tertiary/aromatic N) is 1. The molecular weight excluding hydrogens is 392 g/mol. The van der Waals surface area contributed by atoms with Crippen LogP contribution in [0, 0.1) is 0 Å². The van der Waals surface area contributed by atoms with Crippen LogP contribution in [0.1, 0.15) is 36.1 Å². The highest BCUT2D eigenvalue weighted by atomic mass is 32.1. The zero-order chi connectivity index (χ0) is 21.5. The number of rotatable bonds is 7. The van der Waals surface area contributed by atoms with Crippen molar-refractivity contribution >= 4 is 34.3 Å². The number of aliphatic hydroxyl groups excluding tert-OH is 1. The molecule has 0 spiro atoms. The van der Waals surface area contributed by atoms with Crippen molar-refractivity contribution < 1.29 is 14.8 Å². The fourth-order valence-electron chi connectivity index (χ4n) is 3.18. The van der Waals surface area contributed by atoms with Gasteiger partial charge in [-0.15, -0.1) is 0 Å². The average molecular weight is 419 g/mol. The molecule has 1 heterocycles. The SMILES string of the molecule is CCc1ccc(C([O-])=C(C(=S)Nc2cccc(CC)c2)[n+]2cccc(CO)c2)cc1. The Balaban J connectivity index is 2.06. The Labute approximate surface area is 183 Å². The van der Waals surface area contributed by atoms with Gasteiger partial charge in [-0.3, -0.25) is 0 Å². The number of benzene rings is 2. The lowest BCUT2D eigenvalue weighted by Gasteiger charge is -2.17. The maximum Gasteiger partial charge on any atom is 0.238 e. The number of anilines is 1. The quantitative estimate of drug-likeness (QED) is 0.266. The van der Waals surface area contributed by atoms with Gasteiger partial charge < -0.3 is 15.5 Å². The van der Waals surface area contributed by atoms with Gasteiger partial charge in [-0.2, -0.15) is 4.57 Å². The minimum atomic E-state index is -0.179. The van der Waals surface area contributed by atoms with Crippen molar-refractivity contribution in [2.24, 2.45) is 0 Å². The summed E-state index contributed by atoms with van der Waals surface area (Å²) in [5, 5.41) is 26.2. The smallest absolute Gasteiger partial charge is 0.238 e. The molecule has 0 aliphatic rings. The molecule has 0 fully saturated rings. The summed E-state index contributed by atoms with van der Waals surface area (Å²) in [6, 6.07) is 19.2. The first kappa shape index (κ1) is 21.7. The molecule has 1 aromatic heterocycles. The minimum Gasteiger partial charge on any atom is -0.867 e. The number of aromatic nitrogens is 1. The third kappa shape index (κ3) is 5.12. The number of aryl methyl sites for hydroxylation is 2. The van der Waals surface area contributed by atoms with Crippen molar-refractivity contribution in [3.63, 3.8) is 0 Å². The Morgan fingerprint density at radius 3 is 2.33 bits per heavy atom. The minimum absolute atomic E-state index is 0.119. The topological polar surface area (TPSA) is 59.2 Å². The number of pyridine rings is 1. The second-order valence-electron chi connectivity index (χ2n) is 7.01. The number of thiocarbonyl (C=S) groups is 1. The van der Waals surface area contributed by atoms with Crippen molar-refractivity contribution in [2.45, 2.75) is 33.3 Å². The molecule has 0 saturated carbocycles. The predicted octanol–water partition coefficient (Wildman–Crippen LogP) is 3.72. The van der Waals surface area contributed by atoms with Crippen LogP contribution in [0.25, 0.3) is 11.5 Å². The van der Waals surface area contributed by atoms with E-state index in [4.69, 9.17) is 12.2 Å². The Kier molecular flexibility index (Phi) is 7.33. The fourth-order valence-corrected chi connectivity index (χ4v) is 3.50. The van der Waals surface area contributed by atoms with E-state index >= 15 is 0 Å². The summed E-state index contributed by atoms with van der Waals surface area (Å²) in [6.07, 6.45) is 5.31. The summed E-state index contributed by atoms with van der Waals surface area (Å²) in [4.78, 5) is 0.327. The van der Waals surface area contributed by atoms with E-state index in [1.807, 2.05) is 42.5 Å². The van der Waals surface area contributed by atoms with Crippen LogP contribution in [0.15, 0.2) is 73.1 Å². The zero-order valence-electron chi connectivity index (χ0n) is 17.3. The lowest BCUT2D eigenvalue weighted by atomic mass is 10.1. The molecule has 30 heavy (non-hydrogen) atoms. The lowest BCUT2D eigenvalue weighted by Crippen LogP contribution is -2.40. The number of hydrogen-bond acceptors (Lipinski definition) is 3. The Hall–Kier alpha value is -3.02. The Morgan fingerprint density at radius 2 is 1.67 bits per heavy atom. The molecule has 0 radical (unpaired) electrons. The second kappa shape index (κ2) is 10.1. The second-order valence-corrected chi connectivity index (χ2v) is 7.42. The molecule has 0 atom stereocenters. The first-order chi connectivity index (χ1) is 14.5. The first-order valence-corrected chi connectivity index (χ1v) is 10.5. The summed E-state index contributed by atoms with van der Waals surface area (Å²) >= 11 is 5.67. The molecule has 0 aliphatic heterocycles. The van der Waals surface area contributed by atoms with E-state index < -0.39 is 0 Å². The summed E-state index contributed by atoms with van der Waals surface area (Å²) in [5.41, 5.74) is 4.78. The molecule has 0 amide bonds. The van der Waals surface area contributed by atoms with Crippen molar-refractivity contribution in [2.75, 3.05) is 5.32 Å². The van der Waals surface area contributed by atoms with E-state index in [1.54, 1.807) is 29.1 Å². The molecule has 0 aliphatic carbocycles. The maximum atomic E-state index is 13.5. The first-order valence-electron chi connectivity index (χ1n) is 10.1. The van der Waals surface area contributed by atoms with Crippen LogP contribution < -0.4 is 15.0 Å². The maximum absolute atomic E-state index is 13.5. The predicted molar refractivity (Wildman–Crippen MR) is 124 cm³/mol. The van der Waals surface area contributed by atoms with Crippen LogP contribution in [0.2, 0.25) is 0 Å². The van der Waals surface area contributed by atoms with Gasteiger partial charge in [-0.05, 0) is 53.5 Å². The molecule has 3 aromatic rings. The summed E-state index contributed by atoms with van der Waals surface area (Å²) < 4.78 is 1.68. The summed E-state index contributed by atoms with van der Waals surface area (Å²) in [6.45, 7) is 4.05. The van der Waals surface area contributed by atoms with Gasteiger partial charge in [0.05, 0.1) is 6.61 Å². The van der Waals surface area contributed by atoms with E-state index in [-0.39, 0.29) is 12.4 Å². The van der Waals surface area contributed by atoms with Gasteiger partial charge in [0.15, 0.2) is 17.4 Å². The third-order valence-corrected chi connectivity index (χ3v) is 5.25. The van der Waals surface area contributed by atoms with Gasteiger partial charge >= 0.3 is 0 Å². The van der Waals surface area contributed by atoms with Crippen molar-refractivity contribution in [3.8, 4) is 0 Å². The Bertz CT molecular complexity index is 1060. The molecule has 4 nitrogen and oxygen atoms in total. The average Bonchev–Trinajstić information content (AvgIpc) is 2.79. The number of hydrogen-bond donors (Lipinski definition) is 2. The highest BCUT2D eigenvalue weighted by molar-refractivity contribution is 7.81. The van der Waals surface area contributed by atoms with E-state index in [2.05, 4.69) is 25.2 Å². The van der Waals surface area contributed by atoms with E-state index in [0.29, 0.717) is 21.8 Å². The van der Waals surface area contributed by atoms with E-state index in [9.17, 15) is 10.2 Å². The molecular formula is C25H26N2O2S. The summed E-state index contributed by atoms with van der Waals surface area (Å²) in [7, 11) is 0. The monoisotopic (exact) mass is 418 g/mol. The normalized spacial score (nSPS) is 11.7. The van der Waals surface area contributed by atoms with Gasteiger partial charge in [0.1, 0.15) is 0 Å². The van der Waals surface area contributed by atoms with Crippen molar-refractivity contribution in [3.05, 3.63) is 95.3 Å².